The molecule has 0 fully saturated rings. The lowest BCUT2D eigenvalue weighted by molar-refractivity contribution is 0.112. The van der Waals surface area contributed by atoms with Gasteiger partial charge in [-0.1, -0.05) is 18.2 Å². The van der Waals surface area contributed by atoms with E-state index in [9.17, 15) is 4.79 Å². The summed E-state index contributed by atoms with van der Waals surface area (Å²) in [5.74, 6) is 1.64. The zero-order chi connectivity index (χ0) is 15.4. The van der Waals surface area contributed by atoms with Gasteiger partial charge in [-0.25, -0.2) is 9.50 Å². The average molecular weight is 295 g/mol. The van der Waals surface area contributed by atoms with Gasteiger partial charge in [0.05, 0.1) is 6.61 Å². The van der Waals surface area contributed by atoms with Crippen LogP contribution < -0.4 is 4.74 Å². The number of aromatic nitrogens is 3. The maximum absolute atomic E-state index is 10.9. The third-order valence-electron chi connectivity index (χ3n) is 3.45. The first kappa shape index (κ1) is 14.3. The van der Waals surface area contributed by atoms with Gasteiger partial charge in [-0.05, 0) is 37.1 Å². The molecule has 1 aromatic carbocycles. The molecule has 0 aliphatic heterocycles. The van der Waals surface area contributed by atoms with Gasteiger partial charge in [0.1, 0.15) is 5.75 Å². The molecule has 0 amide bonds. The highest BCUT2D eigenvalue weighted by atomic mass is 16.5. The summed E-state index contributed by atoms with van der Waals surface area (Å²) in [6, 6.07) is 11.6. The predicted molar refractivity (Wildman–Crippen MR) is 83.4 cm³/mol. The van der Waals surface area contributed by atoms with E-state index >= 15 is 0 Å². The molecular weight excluding hydrogens is 278 g/mol. The van der Waals surface area contributed by atoms with Crippen LogP contribution in [0.15, 0.2) is 42.6 Å². The van der Waals surface area contributed by atoms with Gasteiger partial charge in [0.2, 0.25) is 0 Å². The minimum Gasteiger partial charge on any atom is -0.494 e. The molecule has 0 bridgehead atoms. The van der Waals surface area contributed by atoms with Gasteiger partial charge in [-0.3, -0.25) is 4.79 Å². The van der Waals surface area contributed by atoms with E-state index in [2.05, 4.69) is 10.1 Å². The summed E-state index contributed by atoms with van der Waals surface area (Å²) in [5.41, 5.74) is 2.31. The number of benzene rings is 1. The molecule has 0 unspecified atom stereocenters. The molecule has 5 nitrogen and oxygen atoms in total. The van der Waals surface area contributed by atoms with E-state index in [1.54, 1.807) is 10.7 Å². The molecule has 112 valence electrons. The van der Waals surface area contributed by atoms with Crippen LogP contribution in [0.4, 0.5) is 0 Å². The SMILES string of the molecule is Cc1cc2nc(CCCOc3ccccc3)nn2cc1C=O. The highest BCUT2D eigenvalue weighted by Gasteiger charge is 2.06. The number of carbonyl (C=O) groups is 1. The Labute approximate surface area is 128 Å². The van der Waals surface area contributed by atoms with Crippen molar-refractivity contribution >= 4 is 11.9 Å². The van der Waals surface area contributed by atoms with Crippen molar-refractivity contribution in [1.29, 1.82) is 0 Å². The number of aldehydes is 1. The zero-order valence-electron chi connectivity index (χ0n) is 12.4. The van der Waals surface area contributed by atoms with Crippen LogP contribution in [0.5, 0.6) is 5.75 Å². The first-order valence-electron chi connectivity index (χ1n) is 7.25. The Morgan fingerprint density at radius 2 is 2.09 bits per heavy atom. The van der Waals surface area contributed by atoms with E-state index < -0.39 is 0 Å². The lowest BCUT2D eigenvalue weighted by Crippen LogP contribution is -2.00. The first-order valence-corrected chi connectivity index (χ1v) is 7.25. The monoisotopic (exact) mass is 295 g/mol. The van der Waals surface area contributed by atoms with Crippen LogP contribution in [0.1, 0.15) is 28.2 Å². The standard InChI is InChI=1S/C17H17N3O2/c1-13-10-17-18-16(19-20(17)11-14(13)12-21)8-5-9-22-15-6-3-2-4-7-15/h2-4,6-7,10-12H,5,8-9H2,1H3. The Kier molecular flexibility index (Phi) is 4.14. The first-order chi connectivity index (χ1) is 10.8. The normalized spacial score (nSPS) is 10.8. The second-order valence-electron chi connectivity index (χ2n) is 5.13. The minimum absolute atomic E-state index is 0.623. The van der Waals surface area contributed by atoms with Crippen molar-refractivity contribution in [2.75, 3.05) is 6.61 Å². The quantitative estimate of drug-likeness (QED) is 0.518. The van der Waals surface area contributed by atoms with Crippen LogP contribution in [0.25, 0.3) is 5.65 Å². The molecular formula is C17H17N3O2. The zero-order valence-corrected chi connectivity index (χ0v) is 12.4. The number of ether oxygens (including phenoxy) is 1. The molecule has 0 saturated heterocycles. The van der Waals surface area contributed by atoms with Crippen molar-refractivity contribution in [2.45, 2.75) is 19.8 Å². The van der Waals surface area contributed by atoms with Crippen LogP contribution in [0.2, 0.25) is 0 Å². The summed E-state index contributed by atoms with van der Waals surface area (Å²) >= 11 is 0. The molecule has 0 aliphatic carbocycles. The van der Waals surface area contributed by atoms with Gasteiger partial charge < -0.3 is 4.74 Å². The largest absolute Gasteiger partial charge is 0.494 e. The van der Waals surface area contributed by atoms with Crippen LogP contribution in [-0.4, -0.2) is 27.5 Å². The number of hydrogen-bond donors (Lipinski definition) is 0. The van der Waals surface area contributed by atoms with Crippen LogP contribution in [-0.2, 0) is 6.42 Å². The molecule has 3 rings (SSSR count). The summed E-state index contributed by atoms with van der Waals surface area (Å²) in [6.45, 7) is 2.52. The molecule has 0 atom stereocenters. The number of rotatable bonds is 6. The highest BCUT2D eigenvalue weighted by molar-refractivity contribution is 5.77. The number of nitrogens with zero attached hydrogens (tertiary/aromatic N) is 3. The van der Waals surface area contributed by atoms with Crippen LogP contribution in [0.3, 0.4) is 0 Å². The van der Waals surface area contributed by atoms with Gasteiger partial charge in [0.15, 0.2) is 17.8 Å². The molecule has 2 aromatic heterocycles. The second-order valence-corrected chi connectivity index (χ2v) is 5.13. The van der Waals surface area contributed by atoms with Crippen molar-refractivity contribution in [3.05, 3.63) is 59.5 Å². The predicted octanol–water partition coefficient (Wildman–Crippen LogP) is 2.86. The van der Waals surface area contributed by atoms with Crippen molar-refractivity contribution in [3.8, 4) is 5.75 Å². The lowest BCUT2D eigenvalue weighted by Gasteiger charge is -2.03. The maximum Gasteiger partial charge on any atom is 0.155 e. The second kappa shape index (κ2) is 6.39. The van der Waals surface area contributed by atoms with E-state index in [4.69, 9.17) is 4.74 Å². The number of para-hydroxylation sites is 1. The Bertz CT molecular complexity index is 781. The van der Waals surface area contributed by atoms with Crippen molar-refractivity contribution in [2.24, 2.45) is 0 Å². The van der Waals surface area contributed by atoms with Crippen LogP contribution >= 0.6 is 0 Å². The van der Waals surface area contributed by atoms with E-state index in [0.29, 0.717) is 12.2 Å². The Morgan fingerprint density at radius 3 is 2.86 bits per heavy atom. The smallest absolute Gasteiger partial charge is 0.155 e. The Morgan fingerprint density at radius 1 is 1.27 bits per heavy atom. The van der Waals surface area contributed by atoms with Crippen molar-refractivity contribution in [3.63, 3.8) is 0 Å². The van der Waals surface area contributed by atoms with E-state index in [1.807, 2.05) is 43.3 Å². The van der Waals surface area contributed by atoms with Gasteiger partial charge in [0, 0.05) is 18.2 Å². The van der Waals surface area contributed by atoms with Gasteiger partial charge >= 0.3 is 0 Å². The summed E-state index contributed by atoms with van der Waals surface area (Å²) in [6.07, 6.45) is 4.13. The van der Waals surface area contributed by atoms with Crippen molar-refractivity contribution in [1.82, 2.24) is 14.6 Å². The highest BCUT2D eigenvalue weighted by Crippen LogP contribution is 2.11. The molecule has 0 aliphatic rings. The maximum atomic E-state index is 10.9. The Balaban J connectivity index is 1.61. The van der Waals surface area contributed by atoms with E-state index in [0.717, 1.165) is 41.9 Å². The minimum atomic E-state index is 0.623. The fourth-order valence-electron chi connectivity index (χ4n) is 2.25. The molecule has 22 heavy (non-hydrogen) atoms. The average Bonchev–Trinajstić information content (AvgIpc) is 2.93. The third-order valence-corrected chi connectivity index (χ3v) is 3.45. The van der Waals surface area contributed by atoms with Crippen molar-refractivity contribution < 1.29 is 9.53 Å². The fraction of sp³-hybridized carbons (Fsp3) is 0.235. The number of pyridine rings is 1. The van der Waals surface area contributed by atoms with E-state index in [-0.39, 0.29) is 0 Å². The van der Waals surface area contributed by atoms with Crippen LogP contribution in [0, 0.1) is 6.92 Å². The molecule has 3 aromatic rings. The molecule has 0 saturated carbocycles. The fourth-order valence-corrected chi connectivity index (χ4v) is 2.25. The number of hydrogen-bond acceptors (Lipinski definition) is 4. The van der Waals surface area contributed by atoms with E-state index in [1.165, 1.54) is 0 Å². The Hall–Kier alpha value is -2.69. The lowest BCUT2D eigenvalue weighted by atomic mass is 10.2. The molecule has 5 heteroatoms. The summed E-state index contributed by atoms with van der Waals surface area (Å²) in [4.78, 5) is 15.4. The van der Waals surface area contributed by atoms with Gasteiger partial charge in [0.25, 0.3) is 0 Å². The molecule has 0 N–H and O–H groups in total. The number of fused-ring (bicyclic) bond motifs is 1. The topological polar surface area (TPSA) is 56.5 Å². The third kappa shape index (κ3) is 3.14. The summed E-state index contributed by atoms with van der Waals surface area (Å²) in [5, 5.41) is 4.40. The summed E-state index contributed by atoms with van der Waals surface area (Å²) in [7, 11) is 0. The molecule has 2 heterocycles. The summed E-state index contributed by atoms with van der Waals surface area (Å²) < 4.78 is 7.31. The molecule has 0 spiro atoms. The number of carbonyl (C=O) groups excluding carboxylic acids is 1. The van der Waals surface area contributed by atoms with Gasteiger partial charge in [-0.15, -0.1) is 0 Å². The molecule has 0 radical (unpaired) electrons. The van der Waals surface area contributed by atoms with Gasteiger partial charge in [-0.2, -0.15) is 5.10 Å². The number of aryl methyl sites for hydroxylation is 2.